The van der Waals surface area contributed by atoms with Crippen LogP contribution in [-0.2, 0) is 0 Å². The molecular weight excluding hydrogens is 144 g/mol. The van der Waals surface area contributed by atoms with E-state index < -0.39 is 0 Å². The molecule has 69 valence electrons. The number of hydrogen-bond donors (Lipinski definition) is 0. The molecule has 0 aromatic rings. The van der Waals surface area contributed by atoms with Gasteiger partial charge in [-0.3, -0.25) is 0 Å². The zero-order chi connectivity index (χ0) is 9.40. The summed E-state index contributed by atoms with van der Waals surface area (Å²) in [6.07, 6.45) is 11.2. The Balaban J connectivity index is 3.32. The van der Waals surface area contributed by atoms with Crippen LogP contribution in [0.3, 0.4) is 0 Å². The average Bonchev–Trinajstić information content (AvgIpc) is 1.95. The molecule has 0 spiro atoms. The van der Waals surface area contributed by atoms with Crippen molar-refractivity contribution in [2.75, 3.05) is 0 Å². The first-order valence-corrected chi connectivity index (χ1v) is 4.79. The van der Waals surface area contributed by atoms with Crippen LogP contribution in [0.5, 0.6) is 0 Å². The van der Waals surface area contributed by atoms with Gasteiger partial charge in [-0.1, -0.05) is 45.1 Å². The predicted molar refractivity (Wildman–Crippen MR) is 56.9 cm³/mol. The summed E-state index contributed by atoms with van der Waals surface area (Å²) >= 11 is 0. The Morgan fingerprint density at radius 3 is 1.92 bits per heavy atom. The SMILES string of the molecule is [CH2]C(C)/C=C/CC/C=C/C(C)C. The maximum absolute atomic E-state index is 3.88. The molecule has 0 aliphatic rings. The highest BCUT2D eigenvalue weighted by Crippen LogP contribution is 2.00. The van der Waals surface area contributed by atoms with Gasteiger partial charge in [0, 0.05) is 0 Å². The van der Waals surface area contributed by atoms with E-state index in [0.717, 1.165) is 12.8 Å². The first-order chi connectivity index (χ1) is 5.63. The smallest absolute Gasteiger partial charge is 0.0262 e. The molecule has 0 saturated carbocycles. The fourth-order valence-corrected chi connectivity index (χ4v) is 0.889. The molecule has 0 N–H and O–H groups in total. The van der Waals surface area contributed by atoms with Gasteiger partial charge in [-0.25, -0.2) is 0 Å². The van der Waals surface area contributed by atoms with Crippen LogP contribution in [0, 0.1) is 18.8 Å². The van der Waals surface area contributed by atoms with Crippen LogP contribution >= 0.6 is 0 Å². The number of hydrogen-bond acceptors (Lipinski definition) is 0. The third kappa shape index (κ3) is 9.48. The first-order valence-electron chi connectivity index (χ1n) is 4.79. The number of allylic oxidation sites excluding steroid dienone is 4. The van der Waals surface area contributed by atoms with E-state index in [1.165, 1.54) is 0 Å². The Morgan fingerprint density at radius 2 is 1.50 bits per heavy atom. The second-order valence-electron chi connectivity index (χ2n) is 3.65. The Bertz CT molecular complexity index is 120. The van der Waals surface area contributed by atoms with E-state index in [-0.39, 0.29) is 0 Å². The van der Waals surface area contributed by atoms with Gasteiger partial charge in [0.15, 0.2) is 0 Å². The van der Waals surface area contributed by atoms with E-state index in [9.17, 15) is 0 Å². The summed E-state index contributed by atoms with van der Waals surface area (Å²) in [5.74, 6) is 1.12. The predicted octanol–water partition coefficient (Wildman–Crippen LogP) is 4.01. The normalized spacial score (nSPS) is 12.8. The van der Waals surface area contributed by atoms with Crippen LogP contribution in [0.1, 0.15) is 33.6 Å². The molecule has 0 bridgehead atoms. The second-order valence-corrected chi connectivity index (χ2v) is 3.65. The van der Waals surface area contributed by atoms with Crippen molar-refractivity contribution in [3.8, 4) is 0 Å². The maximum Gasteiger partial charge on any atom is -0.0262 e. The molecule has 0 nitrogen and oxygen atoms in total. The fraction of sp³-hybridized carbons (Fsp3) is 0.583. The lowest BCUT2D eigenvalue weighted by Gasteiger charge is -1.94. The largest absolute Gasteiger partial charge is 0.0880 e. The minimum Gasteiger partial charge on any atom is -0.0880 e. The van der Waals surface area contributed by atoms with E-state index in [1.54, 1.807) is 0 Å². The lowest BCUT2D eigenvalue weighted by Crippen LogP contribution is -1.78. The third-order valence-corrected chi connectivity index (χ3v) is 1.49. The van der Waals surface area contributed by atoms with Crippen LogP contribution in [0.4, 0.5) is 0 Å². The highest BCUT2D eigenvalue weighted by molar-refractivity contribution is 4.91. The van der Waals surface area contributed by atoms with Crippen LogP contribution in [-0.4, -0.2) is 0 Å². The molecular formula is C12H21. The van der Waals surface area contributed by atoms with E-state index >= 15 is 0 Å². The van der Waals surface area contributed by atoms with E-state index in [2.05, 4.69) is 52.0 Å². The van der Waals surface area contributed by atoms with Gasteiger partial charge in [0.05, 0.1) is 0 Å². The van der Waals surface area contributed by atoms with Crippen molar-refractivity contribution in [2.24, 2.45) is 11.8 Å². The first kappa shape index (κ1) is 11.5. The van der Waals surface area contributed by atoms with Gasteiger partial charge in [0.2, 0.25) is 0 Å². The molecule has 0 saturated heterocycles. The second kappa shape index (κ2) is 7.15. The van der Waals surface area contributed by atoms with Crippen molar-refractivity contribution in [2.45, 2.75) is 33.6 Å². The van der Waals surface area contributed by atoms with Crippen molar-refractivity contribution >= 4 is 0 Å². The van der Waals surface area contributed by atoms with Crippen LogP contribution in [0.25, 0.3) is 0 Å². The fourth-order valence-electron chi connectivity index (χ4n) is 0.889. The van der Waals surface area contributed by atoms with Crippen LogP contribution in [0.2, 0.25) is 0 Å². The topological polar surface area (TPSA) is 0 Å². The molecule has 0 amide bonds. The summed E-state index contributed by atoms with van der Waals surface area (Å²) in [6, 6.07) is 0. The Kier molecular flexibility index (Phi) is 6.84. The third-order valence-electron chi connectivity index (χ3n) is 1.49. The molecule has 0 aliphatic carbocycles. The molecule has 0 aliphatic heterocycles. The monoisotopic (exact) mass is 165 g/mol. The van der Waals surface area contributed by atoms with Gasteiger partial charge in [0.1, 0.15) is 0 Å². The highest BCUT2D eigenvalue weighted by Gasteiger charge is 1.84. The van der Waals surface area contributed by atoms with Crippen molar-refractivity contribution in [3.05, 3.63) is 31.2 Å². The molecule has 1 radical (unpaired) electrons. The molecule has 0 rings (SSSR count). The van der Waals surface area contributed by atoms with Crippen LogP contribution < -0.4 is 0 Å². The standard InChI is InChI=1S/C12H21/c1-11(2)9-7-5-6-8-10-12(3)4/h7-12H,1,5-6H2,2-4H3/b9-7+,10-8+. The Morgan fingerprint density at radius 1 is 1.00 bits per heavy atom. The zero-order valence-electron chi connectivity index (χ0n) is 8.59. The van der Waals surface area contributed by atoms with Gasteiger partial charge in [0.25, 0.3) is 0 Å². The van der Waals surface area contributed by atoms with E-state index in [4.69, 9.17) is 0 Å². The zero-order valence-corrected chi connectivity index (χ0v) is 8.59. The van der Waals surface area contributed by atoms with Gasteiger partial charge >= 0.3 is 0 Å². The van der Waals surface area contributed by atoms with Gasteiger partial charge < -0.3 is 0 Å². The van der Waals surface area contributed by atoms with E-state index in [0.29, 0.717) is 11.8 Å². The summed E-state index contributed by atoms with van der Waals surface area (Å²) in [4.78, 5) is 0. The van der Waals surface area contributed by atoms with Crippen molar-refractivity contribution in [1.29, 1.82) is 0 Å². The minimum atomic E-state index is 0.444. The Hall–Kier alpha value is -0.520. The van der Waals surface area contributed by atoms with Crippen molar-refractivity contribution in [3.63, 3.8) is 0 Å². The molecule has 0 heteroatoms. The highest BCUT2D eigenvalue weighted by atomic mass is 13.9. The number of rotatable bonds is 5. The quantitative estimate of drug-likeness (QED) is 0.426. The lowest BCUT2D eigenvalue weighted by molar-refractivity contribution is 0.822. The van der Waals surface area contributed by atoms with Crippen molar-refractivity contribution < 1.29 is 0 Å². The van der Waals surface area contributed by atoms with Gasteiger partial charge in [-0.2, -0.15) is 0 Å². The van der Waals surface area contributed by atoms with Crippen molar-refractivity contribution in [1.82, 2.24) is 0 Å². The summed E-state index contributed by atoms with van der Waals surface area (Å²) in [7, 11) is 0. The summed E-state index contributed by atoms with van der Waals surface area (Å²) in [6.45, 7) is 10.4. The van der Waals surface area contributed by atoms with Gasteiger partial charge in [-0.15, -0.1) is 0 Å². The summed E-state index contributed by atoms with van der Waals surface area (Å²) < 4.78 is 0. The average molecular weight is 165 g/mol. The Labute approximate surface area is 77.4 Å². The molecule has 1 unspecified atom stereocenters. The van der Waals surface area contributed by atoms with Gasteiger partial charge in [-0.05, 0) is 31.6 Å². The van der Waals surface area contributed by atoms with Crippen LogP contribution in [0.15, 0.2) is 24.3 Å². The molecule has 0 aromatic carbocycles. The van der Waals surface area contributed by atoms with E-state index in [1.807, 2.05) is 0 Å². The number of unbranched alkanes of at least 4 members (excludes halogenated alkanes) is 1. The molecule has 0 aromatic heterocycles. The minimum absolute atomic E-state index is 0.444. The molecule has 0 fully saturated rings. The maximum atomic E-state index is 3.88. The molecule has 1 atom stereocenters. The molecule has 0 heterocycles. The summed E-state index contributed by atoms with van der Waals surface area (Å²) in [5.41, 5.74) is 0. The summed E-state index contributed by atoms with van der Waals surface area (Å²) in [5, 5.41) is 0. The molecule has 12 heavy (non-hydrogen) atoms. The lowest BCUT2D eigenvalue weighted by atomic mass is 10.1.